The molecule has 0 aliphatic carbocycles. The summed E-state index contributed by atoms with van der Waals surface area (Å²) < 4.78 is 19.2. The van der Waals surface area contributed by atoms with Crippen molar-refractivity contribution in [3.05, 3.63) is 69.6 Å². The molecule has 5 rings (SSSR count). The SMILES string of the molecule is COC(=O)c1cc(CN2C[C@H]3C[C@@H]2CN3C(=O)c2cccc(Cl)c2F)nc(N(O)c2nccs2)c1. The molecule has 0 unspecified atom stereocenters. The summed E-state index contributed by atoms with van der Waals surface area (Å²) in [7, 11) is 1.29. The van der Waals surface area contributed by atoms with Gasteiger partial charge in [0.15, 0.2) is 11.6 Å². The lowest BCUT2D eigenvalue weighted by Crippen LogP contribution is -2.48. The Kier molecular flexibility index (Phi) is 6.41. The number of carbonyl (C=O) groups excluding carboxylic acids is 2. The normalized spacial score (nSPS) is 19.3. The number of hydrogen-bond acceptors (Lipinski definition) is 9. The fraction of sp³-hybridized carbons (Fsp3) is 0.304. The second kappa shape index (κ2) is 9.50. The highest BCUT2D eigenvalue weighted by atomic mass is 35.5. The van der Waals surface area contributed by atoms with Gasteiger partial charge in [0.05, 0.1) is 29.0 Å². The monoisotopic (exact) mass is 517 g/mol. The van der Waals surface area contributed by atoms with E-state index in [1.165, 1.54) is 36.6 Å². The van der Waals surface area contributed by atoms with Crippen molar-refractivity contribution in [2.45, 2.75) is 25.0 Å². The largest absolute Gasteiger partial charge is 0.465 e. The summed E-state index contributed by atoms with van der Waals surface area (Å²) in [6, 6.07) is 7.47. The predicted octanol–water partition coefficient (Wildman–Crippen LogP) is 3.74. The number of methoxy groups -OCH3 is 1. The van der Waals surface area contributed by atoms with Crippen LogP contribution in [0, 0.1) is 5.82 Å². The topological polar surface area (TPSA) is 99.1 Å². The molecule has 2 bridgehead atoms. The van der Waals surface area contributed by atoms with E-state index in [0.29, 0.717) is 30.5 Å². The number of hydrogen-bond donors (Lipinski definition) is 1. The number of pyridine rings is 1. The number of amides is 1. The number of aromatic nitrogens is 2. The zero-order valence-electron chi connectivity index (χ0n) is 18.6. The van der Waals surface area contributed by atoms with Crippen LogP contribution in [0.5, 0.6) is 0 Å². The van der Waals surface area contributed by atoms with E-state index in [9.17, 15) is 19.2 Å². The van der Waals surface area contributed by atoms with Gasteiger partial charge in [-0.2, -0.15) is 5.06 Å². The number of nitrogens with zero attached hydrogens (tertiary/aromatic N) is 5. The third-order valence-corrected chi connectivity index (χ3v) is 7.30. The summed E-state index contributed by atoms with van der Waals surface area (Å²) in [5, 5.41) is 13.3. The molecule has 9 nitrogen and oxygen atoms in total. The van der Waals surface area contributed by atoms with Crippen molar-refractivity contribution >= 4 is 45.8 Å². The molecule has 2 fully saturated rings. The maximum atomic E-state index is 14.4. The van der Waals surface area contributed by atoms with Gasteiger partial charge in [-0.1, -0.05) is 17.7 Å². The molecule has 3 aromatic rings. The number of carbonyl (C=O) groups is 2. The lowest BCUT2D eigenvalue weighted by Gasteiger charge is -2.34. The quantitative estimate of drug-likeness (QED) is 0.390. The van der Waals surface area contributed by atoms with Crippen LogP contribution in [0.2, 0.25) is 5.02 Å². The van der Waals surface area contributed by atoms with Gasteiger partial charge < -0.3 is 9.64 Å². The highest BCUT2D eigenvalue weighted by molar-refractivity contribution is 7.13. The molecule has 2 atom stereocenters. The first kappa shape index (κ1) is 23.6. The molecule has 2 aromatic heterocycles. The Bertz CT molecular complexity index is 1280. The van der Waals surface area contributed by atoms with E-state index in [2.05, 4.69) is 14.9 Å². The van der Waals surface area contributed by atoms with Gasteiger partial charge >= 0.3 is 5.97 Å². The molecule has 2 saturated heterocycles. The maximum absolute atomic E-state index is 14.4. The first-order valence-electron chi connectivity index (χ1n) is 10.8. The first-order valence-corrected chi connectivity index (χ1v) is 12.1. The van der Waals surface area contributed by atoms with Gasteiger partial charge in [-0.25, -0.2) is 19.2 Å². The molecule has 4 heterocycles. The Balaban J connectivity index is 1.33. The zero-order chi connectivity index (χ0) is 24.7. The Morgan fingerprint density at radius 1 is 1.31 bits per heavy atom. The Labute approximate surface area is 209 Å². The molecule has 0 radical (unpaired) electrons. The minimum absolute atomic E-state index is 0.0288. The summed E-state index contributed by atoms with van der Waals surface area (Å²) in [5.41, 5.74) is 0.782. The van der Waals surface area contributed by atoms with E-state index >= 15 is 0 Å². The average Bonchev–Trinajstić information content (AvgIpc) is 3.62. The molecule has 0 saturated carbocycles. The second-order valence-electron chi connectivity index (χ2n) is 8.36. The van der Waals surface area contributed by atoms with Crippen LogP contribution in [0.1, 0.15) is 32.8 Å². The summed E-state index contributed by atoms with van der Waals surface area (Å²) >= 11 is 7.07. The number of ether oxygens (including phenoxy) is 1. The number of piperazine rings is 1. The molecule has 1 aromatic carbocycles. The van der Waals surface area contributed by atoms with Crippen LogP contribution in [0.25, 0.3) is 0 Å². The summed E-state index contributed by atoms with van der Waals surface area (Å²) in [6.07, 6.45) is 2.31. The number of likely N-dealkylation sites (tertiary alicyclic amines) is 2. The Morgan fingerprint density at radius 3 is 2.83 bits per heavy atom. The minimum atomic E-state index is -0.705. The van der Waals surface area contributed by atoms with Crippen molar-refractivity contribution in [1.29, 1.82) is 0 Å². The molecular formula is C23H21ClFN5O4S. The molecule has 2 aliphatic heterocycles. The first-order chi connectivity index (χ1) is 16.9. The highest BCUT2D eigenvalue weighted by Crippen LogP contribution is 2.34. The average molecular weight is 518 g/mol. The Hall–Kier alpha value is -3.12. The van der Waals surface area contributed by atoms with Crippen molar-refractivity contribution in [3.8, 4) is 0 Å². The second-order valence-corrected chi connectivity index (χ2v) is 9.64. The van der Waals surface area contributed by atoms with Crippen LogP contribution in [0.4, 0.5) is 15.3 Å². The molecule has 35 heavy (non-hydrogen) atoms. The van der Waals surface area contributed by atoms with Gasteiger partial charge in [0.25, 0.3) is 5.91 Å². The summed E-state index contributed by atoms with van der Waals surface area (Å²) in [5.74, 6) is -1.48. The van der Waals surface area contributed by atoms with Gasteiger partial charge in [-0.05, 0) is 30.7 Å². The zero-order valence-corrected chi connectivity index (χ0v) is 20.2. The van der Waals surface area contributed by atoms with Gasteiger partial charge in [0.2, 0.25) is 5.13 Å². The molecule has 12 heteroatoms. The molecular weight excluding hydrogens is 497 g/mol. The van der Waals surface area contributed by atoms with E-state index in [1.54, 1.807) is 28.6 Å². The van der Waals surface area contributed by atoms with E-state index in [-0.39, 0.29) is 40.0 Å². The van der Waals surface area contributed by atoms with Gasteiger partial charge in [0.1, 0.15) is 0 Å². The van der Waals surface area contributed by atoms with E-state index in [1.807, 2.05) is 0 Å². The lowest BCUT2D eigenvalue weighted by molar-refractivity contribution is 0.0591. The summed E-state index contributed by atoms with van der Waals surface area (Å²) in [4.78, 5) is 37.7. The van der Waals surface area contributed by atoms with Crippen molar-refractivity contribution < 1.29 is 23.9 Å². The number of thiazole rings is 1. The fourth-order valence-electron chi connectivity index (χ4n) is 4.64. The molecule has 182 valence electrons. The number of benzene rings is 1. The van der Waals surface area contributed by atoms with E-state index < -0.39 is 11.8 Å². The van der Waals surface area contributed by atoms with Gasteiger partial charge in [-0.3, -0.25) is 14.9 Å². The number of halogens is 2. The highest BCUT2D eigenvalue weighted by Gasteiger charge is 2.45. The van der Waals surface area contributed by atoms with Gasteiger partial charge in [-0.15, -0.1) is 11.3 Å². The maximum Gasteiger partial charge on any atom is 0.338 e. The molecule has 0 spiro atoms. The van der Waals surface area contributed by atoms with Crippen molar-refractivity contribution in [2.24, 2.45) is 0 Å². The standard InChI is InChI=1S/C23H21ClFN5O4S/c1-34-22(32)13-7-14(27-19(8-13)30(33)23-26-5-6-35-23)10-28-11-16-9-15(28)12-29(16)21(31)17-3-2-4-18(24)20(17)25/h2-8,15-16,33H,9-12H2,1H3/t15-,16-/m1/s1. The van der Waals surface area contributed by atoms with Gasteiger partial charge in [0, 0.05) is 43.3 Å². The van der Waals surface area contributed by atoms with Crippen LogP contribution in [-0.4, -0.2) is 69.1 Å². The van der Waals surface area contributed by atoms with Crippen LogP contribution < -0.4 is 5.06 Å². The number of anilines is 2. The van der Waals surface area contributed by atoms with Crippen LogP contribution in [0.15, 0.2) is 41.9 Å². The van der Waals surface area contributed by atoms with Crippen LogP contribution in [0.3, 0.4) is 0 Å². The third-order valence-electron chi connectivity index (χ3n) is 6.27. The van der Waals surface area contributed by atoms with Crippen LogP contribution >= 0.6 is 22.9 Å². The Morgan fingerprint density at radius 2 is 2.14 bits per heavy atom. The molecule has 1 amide bonds. The van der Waals surface area contributed by atoms with Crippen LogP contribution in [-0.2, 0) is 11.3 Å². The van der Waals surface area contributed by atoms with E-state index in [0.717, 1.165) is 11.5 Å². The number of esters is 1. The molecule has 1 N–H and O–H groups in total. The lowest BCUT2D eigenvalue weighted by atomic mass is 10.1. The predicted molar refractivity (Wildman–Crippen MR) is 127 cm³/mol. The third kappa shape index (κ3) is 4.47. The van der Waals surface area contributed by atoms with E-state index in [4.69, 9.17) is 16.3 Å². The fourth-order valence-corrected chi connectivity index (χ4v) is 5.37. The smallest absolute Gasteiger partial charge is 0.338 e. The molecule has 2 aliphatic rings. The van der Waals surface area contributed by atoms with Crippen molar-refractivity contribution in [1.82, 2.24) is 19.8 Å². The number of rotatable bonds is 6. The van der Waals surface area contributed by atoms with Crippen molar-refractivity contribution in [3.63, 3.8) is 0 Å². The van der Waals surface area contributed by atoms with Crippen molar-refractivity contribution in [2.75, 3.05) is 25.3 Å². The minimum Gasteiger partial charge on any atom is -0.465 e. The number of fused-ring (bicyclic) bond motifs is 2. The summed E-state index contributed by atoms with van der Waals surface area (Å²) in [6.45, 7) is 1.43.